The van der Waals surface area contributed by atoms with Gasteiger partial charge in [-0.2, -0.15) is 0 Å². The lowest BCUT2D eigenvalue weighted by Crippen LogP contribution is -2.06. The Morgan fingerprint density at radius 1 is 1.08 bits per heavy atom. The summed E-state index contributed by atoms with van der Waals surface area (Å²) in [7, 11) is 2.90. The predicted molar refractivity (Wildman–Crippen MR) is 86.6 cm³/mol. The highest BCUT2D eigenvalue weighted by Crippen LogP contribution is 2.26. The van der Waals surface area contributed by atoms with Gasteiger partial charge in [0.05, 0.1) is 19.8 Å². The summed E-state index contributed by atoms with van der Waals surface area (Å²) >= 11 is 0. The minimum absolute atomic E-state index is 0.0838. The van der Waals surface area contributed by atoms with Crippen molar-refractivity contribution in [2.45, 2.75) is 0 Å². The van der Waals surface area contributed by atoms with Gasteiger partial charge in [-0.25, -0.2) is 14.2 Å². The van der Waals surface area contributed by atoms with Crippen molar-refractivity contribution in [3.05, 3.63) is 65.1 Å². The van der Waals surface area contributed by atoms with E-state index in [1.807, 2.05) is 0 Å². The van der Waals surface area contributed by atoms with E-state index in [4.69, 9.17) is 14.2 Å². The van der Waals surface area contributed by atoms with E-state index in [0.717, 1.165) is 0 Å². The molecule has 0 aliphatic carbocycles. The number of carbonyl (C=O) groups excluding carboxylic acids is 1. The molecule has 0 saturated carbocycles. The third-order valence-electron chi connectivity index (χ3n) is 3.44. The molecular formula is C18H14FNO4. The number of esters is 1. The molecule has 0 amide bonds. The Labute approximate surface area is 138 Å². The van der Waals surface area contributed by atoms with Crippen molar-refractivity contribution in [2.75, 3.05) is 14.2 Å². The Hall–Kier alpha value is -3.15. The molecule has 3 rings (SSSR count). The average Bonchev–Trinajstić information content (AvgIpc) is 2.95. The predicted octanol–water partition coefficient (Wildman–Crippen LogP) is 3.19. The summed E-state index contributed by atoms with van der Waals surface area (Å²) in [6.45, 7) is 0. The van der Waals surface area contributed by atoms with Crippen LogP contribution in [-0.4, -0.2) is 26.1 Å². The van der Waals surface area contributed by atoms with Crippen LogP contribution in [0.4, 0.5) is 4.39 Å². The molecule has 1 aliphatic heterocycles. The Morgan fingerprint density at radius 3 is 2.54 bits per heavy atom. The van der Waals surface area contributed by atoms with Gasteiger partial charge in [0.2, 0.25) is 5.90 Å². The van der Waals surface area contributed by atoms with Crippen LogP contribution in [0.15, 0.2) is 53.2 Å². The van der Waals surface area contributed by atoms with E-state index in [-0.39, 0.29) is 17.3 Å². The second-order valence-corrected chi connectivity index (χ2v) is 4.93. The van der Waals surface area contributed by atoms with Crippen molar-refractivity contribution < 1.29 is 23.4 Å². The number of halogens is 1. The fraction of sp³-hybridized carbons (Fsp3) is 0.111. The Kier molecular flexibility index (Phi) is 4.29. The Balaban J connectivity index is 1.96. The number of cyclic esters (lactones) is 1. The van der Waals surface area contributed by atoms with Crippen LogP contribution in [0, 0.1) is 5.82 Å². The third-order valence-corrected chi connectivity index (χ3v) is 3.44. The third kappa shape index (κ3) is 2.99. The quantitative estimate of drug-likeness (QED) is 0.639. The van der Waals surface area contributed by atoms with Crippen LogP contribution in [0.1, 0.15) is 11.1 Å². The van der Waals surface area contributed by atoms with E-state index in [1.165, 1.54) is 32.4 Å². The van der Waals surface area contributed by atoms with E-state index < -0.39 is 11.8 Å². The number of aliphatic imine (C=N–C) groups is 1. The molecule has 0 atom stereocenters. The second kappa shape index (κ2) is 6.54. The number of methoxy groups -OCH3 is 2. The molecule has 1 heterocycles. The van der Waals surface area contributed by atoms with Crippen LogP contribution in [0.5, 0.6) is 11.5 Å². The number of rotatable bonds is 4. The summed E-state index contributed by atoms with van der Waals surface area (Å²) in [6.07, 6.45) is 1.45. The Morgan fingerprint density at radius 2 is 1.83 bits per heavy atom. The molecule has 0 N–H and O–H groups in total. The van der Waals surface area contributed by atoms with E-state index in [2.05, 4.69) is 4.99 Å². The summed E-state index contributed by atoms with van der Waals surface area (Å²) in [5, 5.41) is 0. The lowest BCUT2D eigenvalue weighted by Gasteiger charge is -2.05. The Bertz CT molecular complexity index is 858. The number of benzene rings is 2. The zero-order valence-electron chi connectivity index (χ0n) is 13.1. The smallest absolute Gasteiger partial charge is 0.363 e. The van der Waals surface area contributed by atoms with Gasteiger partial charge in [-0.1, -0.05) is 18.2 Å². The summed E-state index contributed by atoms with van der Waals surface area (Å²) in [5.74, 6) is -0.304. The molecule has 6 heteroatoms. The highest BCUT2D eigenvalue weighted by molar-refractivity contribution is 6.13. The normalized spacial score (nSPS) is 15.2. The van der Waals surface area contributed by atoms with Crippen LogP contribution in [-0.2, 0) is 9.53 Å². The van der Waals surface area contributed by atoms with Crippen molar-refractivity contribution in [3.63, 3.8) is 0 Å². The van der Waals surface area contributed by atoms with Crippen LogP contribution >= 0.6 is 0 Å². The first-order valence-electron chi connectivity index (χ1n) is 7.12. The molecule has 0 radical (unpaired) electrons. The molecule has 0 fully saturated rings. The summed E-state index contributed by atoms with van der Waals surface area (Å²) < 4.78 is 29.0. The van der Waals surface area contributed by atoms with Gasteiger partial charge in [0, 0.05) is 0 Å². The van der Waals surface area contributed by atoms with Crippen LogP contribution in [0.2, 0.25) is 0 Å². The number of hydrogen-bond acceptors (Lipinski definition) is 5. The lowest BCUT2D eigenvalue weighted by atomic mass is 10.2. The van der Waals surface area contributed by atoms with Crippen molar-refractivity contribution in [3.8, 4) is 11.5 Å². The molecule has 2 aromatic rings. The maximum Gasteiger partial charge on any atom is 0.363 e. The molecule has 0 aromatic heterocycles. The number of hydrogen-bond donors (Lipinski definition) is 0. The molecule has 24 heavy (non-hydrogen) atoms. The van der Waals surface area contributed by atoms with Crippen LogP contribution in [0.25, 0.3) is 6.08 Å². The summed E-state index contributed by atoms with van der Waals surface area (Å²) in [5.41, 5.74) is 1.13. The molecule has 2 aromatic carbocycles. The number of carbonyl (C=O) groups is 1. The molecule has 0 spiro atoms. The zero-order chi connectivity index (χ0) is 17.1. The van der Waals surface area contributed by atoms with Gasteiger partial charge >= 0.3 is 5.97 Å². The number of ether oxygens (including phenoxy) is 3. The maximum absolute atomic E-state index is 13.7. The van der Waals surface area contributed by atoms with E-state index in [1.54, 1.807) is 30.3 Å². The highest BCUT2D eigenvalue weighted by atomic mass is 19.1. The summed E-state index contributed by atoms with van der Waals surface area (Å²) in [6, 6.07) is 11.4. The molecule has 1 aliphatic rings. The van der Waals surface area contributed by atoms with Crippen LogP contribution in [0.3, 0.4) is 0 Å². The van der Waals surface area contributed by atoms with E-state index in [9.17, 15) is 9.18 Å². The van der Waals surface area contributed by atoms with Crippen LogP contribution < -0.4 is 9.47 Å². The van der Waals surface area contributed by atoms with Crippen molar-refractivity contribution in [2.24, 2.45) is 4.99 Å². The van der Waals surface area contributed by atoms with Gasteiger partial charge in [0.15, 0.2) is 17.3 Å². The standard InChI is InChI=1S/C18H14FNO4/c1-22-15-6-4-3-5-12(15)17-20-14(18(21)24-17)10-11-7-8-16(23-2)13(19)9-11/h3-10H,1-2H3/b14-10+. The van der Waals surface area contributed by atoms with Gasteiger partial charge in [-0.15, -0.1) is 0 Å². The van der Waals surface area contributed by atoms with Gasteiger partial charge in [0.25, 0.3) is 0 Å². The minimum Gasteiger partial charge on any atom is -0.496 e. The first kappa shape index (κ1) is 15.7. The van der Waals surface area contributed by atoms with Gasteiger partial charge < -0.3 is 14.2 Å². The SMILES string of the molecule is COc1ccc(/C=C2/N=C(c3ccccc3OC)OC2=O)cc1F. The second-order valence-electron chi connectivity index (χ2n) is 4.93. The van der Waals surface area contributed by atoms with E-state index in [0.29, 0.717) is 16.9 Å². The summed E-state index contributed by atoms with van der Waals surface area (Å²) in [4.78, 5) is 16.2. The monoisotopic (exact) mass is 327 g/mol. The fourth-order valence-electron chi connectivity index (χ4n) is 2.28. The maximum atomic E-state index is 13.7. The minimum atomic E-state index is -0.605. The average molecular weight is 327 g/mol. The molecule has 0 unspecified atom stereocenters. The van der Waals surface area contributed by atoms with Crippen molar-refractivity contribution >= 4 is 17.9 Å². The lowest BCUT2D eigenvalue weighted by molar-refractivity contribution is -0.129. The van der Waals surface area contributed by atoms with Gasteiger partial charge in [-0.3, -0.25) is 0 Å². The molecule has 0 saturated heterocycles. The largest absolute Gasteiger partial charge is 0.496 e. The first-order valence-corrected chi connectivity index (χ1v) is 7.12. The van der Waals surface area contributed by atoms with Crippen molar-refractivity contribution in [1.82, 2.24) is 0 Å². The first-order chi connectivity index (χ1) is 11.6. The molecular weight excluding hydrogens is 313 g/mol. The van der Waals surface area contributed by atoms with E-state index >= 15 is 0 Å². The van der Waals surface area contributed by atoms with Gasteiger partial charge in [0.1, 0.15) is 5.75 Å². The molecule has 122 valence electrons. The molecule has 0 bridgehead atoms. The van der Waals surface area contributed by atoms with Crippen molar-refractivity contribution in [1.29, 1.82) is 0 Å². The highest BCUT2D eigenvalue weighted by Gasteiger charge is 2.26. The molecule has 5 nitrogen and oxygen atoms in total. The zero-order valence-corrected chi connectivity index (χ0v) is 13.1. The number of nitrogens with zero attached hydrogens (tertiary/aromatic N) is 1. The fourth-order valence-corrected chi connectivity index (χ4v) is 2.28. The number of para-hydroxylation sites is 1. The topological polar surface area (TPSA) is 57.1 Å². The van der Waals surface area contributed by atoms with Gasteiger partial charge in [-0.05, 0) is 35.9 Å².